The van der Waals surface area contributed by atoms with Crippen LogP contribution in [-0.2, 0) is 4.79 Å². The summed E-state index contributed by atoms with van der Waals surface area (Å²) in [5.41, 5.74) is 4.02. The molecule has 216 valence electrons. The average Bonchev–Trinajstić information content (AvgIpc) is 3.36. The van der Waals surface area contributed by atoms with E-state index >= 15 is 0 Å². The number of hydrogen-bond donors (Lipinski definition) is 1. The van der Waals surface area contributed by atoms with Crippen LogP contribution in [0.15, 0.2) is 48.9 Å². The maximum Gasteiger partial charge on any atom is 0.256 e. The van der Waals surface area contributed by atoms with Crippen molar-refractivity contribution in [3.63, 3.8) is 0 Å². The molecular formula is C33H40FN5O2. The van der Waals surface area contributed by atoms with Crippen LogP contribution in [0, 0.1) is 11.7 Å². The number of benzene rings is 1. The Hall–Kier alpha value is -3.52. The zero-order valence-electron chi connectivity index (χ0n) is 24.4. The lowest BCUT2D eigenvalue weighted by Gasteiger charge is -2.44. The first-order valence-electron chi connectivity index (χ1n) is 15.0. The fraction of sp³-hybridized carbons (Fsp3) is 0.485. The van der Waals surface area contributed by atoms with E-state index in [2.05, 4.69) is 16.4 Å². The molecule has 0 spiro atoms. The van der Waals surface area contributed by atoms with Gasteiger partial charge in [-0.1, -0.05) is 6.08 Å². The van der Waals surface area contributed by atoms with E-state index in [1.807, 2.05) is 49.4 Å². The fourth-order valence-corrected chi connectivity index (χ4v) is 7.22. The van der Waals surface area contributed by atoms with Crippen LogP contribution < -0.4 is 5.32 Å². The number of aromatic nitrogens is 2. The van der Waals surface area contributed by atoms with Gasteiger partial charge in [-0.2, -0.15) is 0 Å². The number of hydrogen-bond acceptors (Lipinski definition) is 4. The SMILES string of the molecule is CC(C)N(C(=O)c1cc(F)ccc1-n1cc(C2=CCN(C(=O)[C@@H]3NC4CCC3CC4)CC2)c2ccncc21)C(C)C. The highest BCUT2D eigenvalue weighted by atomic mass is 19.1. The van der Waals surface area contributed by atoms with Crippen molar-refractivity contribution in [3.05, 3.63) is 65.9 Å². The minimum atomic E-state index is -0.445. The molecule has 3 aromatic rings. The molecule has 7 nitrogen and oxygen atoms in total. The molecule has 0 unspecified atom stereocenters. The third-order valence-electron chi connectivity index (χ3n) is 9.19. The Labute approximate surface area is 241 Å². The van der Waals surface area contributed by atoms with Gasteiger partial charge in [-0.15, -0.1) is 0 Å². The van der Waals surface area contributed by atoms with Crippen LogP contribution in [0.3, 0.4) is 0 Å². The summed E-state index contributed by atoms with van der Waals surface area (Å²) >= 11 is 0. The molecule has 7 rings (SSSR count). The summed E-state index contributed by atoms with van der Waals surface area (Å²) in [7, 11) is 0. The monoisotopic (exact) mass is 557 g/mol. The zero-order valence-corrected chi connectivity index (χ0v) is 24.4. The molecule has 3 fully saturated rings. The van der Waals surface area contributed by atoms with Crippen LogP contribution in [0.5, 0.6) is 0 Å². The normalized spacial score (nSPS) is 22.5. The van der Waals surface area contributed by atoms with Crippen LogP contribution >= 0.6 is 0 Å². The Balaban J connectivity index is 1.33. The highest BCUT2D eigenvalue weighted by molar-refractivity contribution is 6.00. The fourth-order valence-electron chi connectivity index (χ4n) is 7.22. The number of carbonyl (C=O) groups is 2. The highest BCUT2D eigenvalue weighted by Gasteiger charge is 2.40. The molecule has 0 radical (unpaired) electrons. The Morgan fingerprint density at radius 3 is 2.46 bits per heavy atom. The van der Waals surface area contributed by atoms with Gasteiger partial charge in [-0.3, -0.25) is 14.6 Å². The van der Waals surface area contributed by atoms with Crippen LogP contribution in [0.1, 0.15) is 75.7 Å². The van der Waals surface area contributed by atoms with Gasteiger partial charge in [0.05, 0.1) is 29.0 Å². The molecule has 1 aliphatic carbocycles. The minimum Gasteiger partial charge on any atom is -0.337 e. The van der Waals surface area contributed by atoms with Crippen molar-refractivity contribution in [2.75, 3.05) is 13.1 Å². The molecule has 5 heterocycles. The standard InChI is InChI=1S/C33H40FN5O2/c1-20(2)39(21(3)4)32(40)27-17-24(34)7-10-29(27)38-19-28(26-11-14-35-18-30(26)38)22-12-15-37(16-13-22)33(41)31-23-5-8-25(36-31)9-6-23/h7,10-12,14,17-21,23,25,31,36H,5-6,8-9,13,15-16H2,1-4H3/t23?,25?,31-/m1/s1. The number of fused-ring (bicyclic) bond motifs is 4. The first kappa shape index (κ1) is 27.6. The van der Waals surface area contributed by atoms with Gasteiger partial charge in [0.2, 0.25) is 5.91 Å². The molecule has 2 amide bonds. The number of amides is 2. The number of nitrogens with one attached hydrogen (secondary N) is 1. The molecule has 8 heteroatoms. The molecule has 4 aliphatic rings. The van der Waals surface area contributed by atoms with Crippen molar-refractivity contribution in [2.24, 2.45) is 5.92 Å². The van der Waals surface area contributed by atoms with Crippen LogP contribution in [0.25, 0.3) is 22.2 Å². The third kappa shape index (κ3) is 5.07. The van der Waals surface area contributed by atoms with Gasteiger partial charge >= 0.3 is 0 Å². The van der Waals surface area contributed by atoms with Gasteiger partial charge < -0.3 is 19.7 Å². The van der Waals surface area contributed by atoms with E-state index in [9.17, 15) is 14.0 Å². The summed E-state index contributed by atoms with van der Waals surface area (Å²) in [5, 5.41) is 4.62. The van der Waals surface area contributed by atoms with E-state index in [4.69, 9.17) is 0 Å². The Kier molecular flexibility index (Phi) is 7.45. The minimum absolute atomic E-state index is 0.0331. The second kappa shape index (κ2) is 11.0. The Morgan fingerprint density at radius 1 is 1.07 bits per heavy atom. The zero-order chi connectivity index (χ0) is 28.8. The topological polar surface area (TPSA) is 70.5 Å². The number of rotatable bonds is 6. The molecule has 2 bridgehead atoms. The molecule has 1 saturated carbocycles. The lowest BCUT2D eigenvalue weighted by Crippen LogP contribution is -2.59. The van der Waals surface area contributed by atoms with Crippen molar-refractivity contribution in [2.45, 2.75) is 84.0 Å². The van der Waals surface area contributed by atoms with Crippen molar-refractivity contribution in [3.8, 4) is 5.69 Å². The molecule has 2 aromatic heterocycles. The molecular weight excluding hydrogens is 517 g/mol. The van der Waals surface area contributed by atoms with Gasteiger partial charge in [-0.25, -0.2) is 4.39 Å². The van der Waals surface area contributed by atoms with E-state index in [0.717, 1.165) is 35.7 Å². The average molecular weight is 558 g/mol. The molecule has 2 saturated heterocycles. The summed E-state index contributed by atoms with van der Waals surface area (Å²) in [4.78, 5) is 35.3. The molecule has 1 N–H and O–H groups in total. The smallest absolute Gasteiger partial charge is 0.256 e. The Morgan fingerprint density at radius 2 is 1.83 bits per heavy atom. The molecule has 1 atom stereocenters. The summed E-state index contributed by atoms with van der Waals surface area (Å²) in [6, 6.07) is 6.78. The second-order valence-corrected chi connectivity index (χ2v) is 12.4. The van der Waals surface area contributed by atoms with E-state index in [0.29, 0.717) is 36.3 Å². The predicted octanol–water partition coefficient (Wildman–Crippen LogP) is 5.57. The molecule has 1 aromatic carbocycles. The number of piperidine rings is 2. The van der Waals surface area contributed by atoms with Gasteiger partial charge in [0.1, 0.15) is 5.82 Å². The largest absolute Gasteiger partial charge is 0.337 e. The summed E-state index contributed by atoms with van der Waals surface area (Å²) in [6.45, 7) is 9.16. The quantitative estimate of drug-likeness (QED) is 0.430. The first-order valence-corrected chi connectivity index (χ1v) is 15.0. The number of carbonyl (C=O) groups excluding carboxylic acids is 2. The Bertz CT molecular complexity index is 1490. The number of pyridine rings is 1. The maximum atomic E-state index is 14.5. The van der Waals surface area contributed by atoms with Gasteiger partial charge in [-0.05, 0) is 95.6 Å². The predicted molar refractivity (Wildman–Crippen MR) is 159 cm³/mol. The first-order chi connectivity index (χ1) is 19.7. The summed E-state index contributed by atoms with van der Waals surface area (Å²) in [6.07, 6.45) is 13.2. The van der Waals surface area contributed by atoms with Gasteiger partial charge in [0, 0.05) is 54.6 Å². The van der Waals surface area contributed by atoms with Crippen LogP contribution in [0.2, 0.25) is 0 Å². The second-order valence-electron chi connectivity index (χ2n) is 12.4. The third-order valence-corrected chi connectivity index (χ3v) is 9.19. The highest BCUT2D eigenvalue weighted by Crippen LogP contribution is 2.36. The van der Waals surface area contributed by atoms with Crippen molar-refractivity contribution in [1.82, 2.24) is 24.7 Å². The van der Waals surface area contributed by atoms with Gasteiger partial charge in [0.25, 0.3) is 5.91 Å². The summed E-state index contributed by atoms with van der Waals surface area (Å²) < 4.78 is 16.5. The number of nitrogens with zero attached hydrogens (tertiary/aromatic N) is 4. The van der Waals surface area contributed by atoms with E-state index in [1.54, 1.807) is 23.4 Å². The van der Waals surface area contributed by atoms with Crippen molar-refractivity contribution in [1.29, 1.82) is 0 Å². The molecule has 3 aliphatic heterocycles. The summed E-state index contributed by atoms with van der Waals surface area (Å²) in [5.74, 6) is 0.0431. The lowest BCUT2D eigenvalue weighted by atomic mass is 9.76. The van der Waals surface area contributed by atoms with Gasteiger partial charge in [0.15, 0.2) is 0 Å². The van der Waals surface area contributed by atoms with Crippen molar-refractivity contribution >= 4 is 28.3 Å². The van der Waals surface area contributed by atoms with E-state index in [1.165, 1.54) is 30.5 Å². The molecule has 41 heavy (non-hydrogen) atoms. The number of halogens is 1. The van der Waals surface area contributed by atoms with Crippen LogP contribution in [0.4, 0.5) is 4.39 Å². The lowest BCUT2D eigenvalue weighted by molar-refractivity contribution is -0.136. The maximum absolute atomic E-state index is 14.5. The van der Waals surface area contributed by atoms with E-state index < -0.39 is 5.82 Å². The van der Waals surface area contributed by atoms with Crippen LogP contribution in [-0.4, -0.2) is 68.4 Å². The van der Waals surface area contributed by atoms with E-state index in [-0.39, 0.29) is 29.9 Å². The van der Waals surface area contributed by atoms with Crippen molar-refractivity contribution < 1.29 is 14.0 Å².